The molecule has 1 aromatic carbocycles. The molecule has 0 aliphatic carbocycles. The van der Waals surface area contributed by atoms with Crippen molar-refractivity contribution < 1.29 is 14.3 Å². The van der Waals surface area contributed by atoms with Gasteiger partial charge in [-0.15, -0.1) is 29.7 Å². The molecule has 0 radical (unpaired) electrons. The van der Waals surface area contributed by atoms with Gasteiger partial charge in [0, 0.05) is 16.2 Å². The molecule has 0 spiro atoms. The number of nitrogens with one attached hydrogen (secondary N) is 1. The van der Waals surface area contributed by atoms with E-state index in [1.54, 1.807) is 6.08 Å². The summed E-state index contributed by atoms with van der Waals surface area (Å²) in [5.41, 5.74) is 4.52. The van der Waals surface area contributed by atoms with Gasteiger partial charge in [-0.1, -0.05) is 24.3 Å². The molecule has 1 amide bonds. The number of methoxy groups -OCH3 is 1. The van der Waals surface area contributed by atoms with E-state index in [1.807, 2.05) is 32.9 Å². The number of carbonyl (C=O) groups excluding carboxylic acids is 2. The van der Waals surface area contributed by atoms with E-state index < -0.39 is 5.97 Å². The number of ether oxygens (including phenoxy) is 1. The Balaban J connectivity index is 2.44. The maximum atomic E-state index is 12.5. The first kappa shape index (κ1) is 20.3. The maximum absolute atomic E-state index is 12.5. The van der Waals surface area contributed by atoms with Crippen molar-refractivity contribution in [3.8, 4) is 11.1 Å². The molecule has 0 atom stereocenters. The summed E-state index contributed by atoms with van der Waals surface area (Å²) in [5, 5.41) is 3.40. The molecule has 2 rings (SSSR count). The topological polar surface area (TPSA) is 55.4 Å². The molecule has 0 fully saturated rings. The lowest BCUT2D eigenvalue weighted by atomic mass is 9.97. The molecular weight excluding hydrogens is 366 g/mol. The fraction of sp³-hybridized carbons (Fsp3) is 0.300. The first-order valence-corrected chi connectivity index (χ1v) is 10.1. The number of amides is 1. The van der Waals surface area contributed by atoms with Gasteiger partial charge in [0.25, 0.3) is 0 Å². The van der Waals surface area contributed by atoms with Gasteiger partial charge >= 0.3 is 5.97 Å². The van der Waals surface area contributed by atoms with Crippen LogP contribution in [0.15, 0.2) is 30.9 Å². The van der Waals surface area contributed by atoms with Crippen molar-refractivity contribution in [1.82, 2.24) is 0 Å². The van der Waals surface area contributed by atoms with E-state index in [0.29, 0.717) is 22.1 Å². The number of hydrogen-bond acceptors (Lipinski definition) is 5. The summed E-state index contributed by atoms with van der Waals surface area (Å²) in [6.45, 7) is 9.68. The van der Waals surface area contributed by atoms with E-state index in [1.165, 1.54) is 35.8 Å². The second-order valence-corrected chi connectivity index (χ2v) is 8.13. The largest absolute Gasteiger partial charge is 0.465 e. The highest BCUT2D eigenvalue weighted by Gasteiger charge is 2.25. The Labute approximate surface area is 162 Å². The van der Waals surface area contributed by atoms with Gasteiger partial charge in [-0.3, -0.25) is 4.79 Å². The van der Waals surface area contributed by atoms with E-state index in [-0.39, 0.29) is 5.91 Å². The van der Waals surface area contributed by atoms with E-state index >= 15 is 0 Å². The van der Waals surface area contributed by atoms with Crippen molar-refractivity contribution >= 4 is 40.0 Å². The second-order valence-electron chi connectivity index (χ2n) is 5.88. The Morgan fingerprint density at radius 1 is 1.27 bits per heavy atom. The molecule has 0 aliphatic rings. The fourth-order valence-electron chi connectivity index (χ4n) is 2.57. The molecule has 0 bridgehead atoms. The Morgan fingerprint density at radius 2 is 2.00 bits per heavy atom. The van der Waals surface area contributed by atoms with Gasteiger partial charge in [0.15, 0.2) is 0 Å². The third-order valence-corrected chi connectivity index (χ3v) is 5.95. The van der Waals surface area contributed by atoms with Crippen LogP contribution in [0.25, 0.3) is 11.1 Å². The van der Waals surface area contributed by atoms with E-state index in [0.717, 1.165) is 21.6 Å². The minimum absolute atomic E-state index is 0.144. The molecule has 1 N–H and O–H groups in total. The molecule has 2 aromatic rings. The van der Waals surface area contributed by atoms with E-state index in [2.05, 4.69) is 18.0 Å². The maximum Gasteiger partial charge on any atom is 0.341 e. The minimum Gasteiger partial charge on any atom is -0.465 e. The zero-order chi connectivity index (χ0) is 19.3. The Bertz CT molecular complexity index is 840. The van der Waals surface area contributed by atoms with Crippen LogP contribution in [0.1, 0.15) is 26.4 Å². The van der Waals surface area contributed by atoms with Crippen molar-refractivity contribution in [1.29, 1.82) is 0 Å². The minimum atomic E-state index is -0.448. The van der Waals surface area contributed by atoms with E-state index in [9.17, 15) is 9.59 Å². The predicted molar refractivity (Wildman–Crippen MR) is 111 cm³/mol. The SMILES string of the molecule is C=CCSCC(=O)Nc1sc(C)c(-c2ccc(C)c(C)c2)c1C(=O)OC. The summed E-state index contributed by atoms with van der Waals surface area (Å²) in [6.07, 6.45) is 1.75. The molecule has 138 valence electrons. The number of aryl methyl sites for hydroxylation is 3. The third kappa shape index (κ3) is 4.56. The first-order valence-electron chi connectivity index (χ1n) is 8.16. The molecule has 0 saturated carbocycles. The quantitative estimate of drug-likeness (QED) is 0.412. The predicted octanol–water partition coefficient (Wildman–Crippen LogP) is 4.98. The summed E-state index contributed by atoms with van der Waals surface area (Å²) in [5.74, 6) is 0.420. The van der Waals surface area contributed by atoms with Crippen LogP contribution in [-0.2, 0) is 9.53 Å². The number of carbonyl (C=O) groups is 2. The van der Waals surface area contributed by atoms with Gasteiger partial charge in [0.05, 0.1) is 12.9 Å². The average Bonchev–Trinajstić information content (AvgIpc) is 2.92. The van der Waals surface area contributed by atoms with Crippen LogP contribution in [0, 0.1) is 20.8 Å². The number of hydrogen-bond donors (Lipinski definition) is 1. The zero-order valence-corrected chi connectivity index (χ0v) is 17.1. The molecule has 0 saturated heterocycles. The molecule has 26 heavy (non-hydrogen) atoms. The highest BCUT2D eigenvalue weighted by molar-refractivity contribution is 8.00. The summed E-state index contributed by atoms with van der Waals surface area (Å²) in [6, 6.07) is 6.09. The fourth-order valence-corrected chi connectivity index (χ4v) is 4.19. The summed E-state index contributed by atoms with van der Waals surface area (Å²) < 4.78 is 4.98. The highest BCUT2D eigenvalue weighted by Crippen LogP contribution is 2.40. The lowest BCUT2D eigenvalue weighted by Gasteiger charge is -2.09. The standard InChI is InChI=1S/C20H23NO3S2/c1-6-9-25-11-16(22)21-19-18(20(23)24-5)17(14(4)26-19)15-8-7-12(2)13(3)10-15/h6-8,10H,1,9,11H2,2-5H3,(H,21,22). The summed E-state index contributed by atoms with van der Waals surface area (Å²) in [4.78, 5) is 25.6. The number of anilines is 1. The van der Waals surface area contributed by atoms with Crippen LogP contribution in [0.2, 0.25) is 0 Å². The molecular formula is C20H23NO3S2. The van der Waals surface area contributed by atoms with Gasteiger partial charge in [-0.2, -0.15) is 0 Å². The number of benzene rings is 1. The van der Waals surface area contributed by atoms with Crippen LogP contribution in [0.3, 0.4) is 0 Å². The van der Waals surface area contributed by atoms with Crippen LogP contribution in [-0.4, -0.2) is 30.5 Å². The van der Waals surface area contributed by atoms with Crippen molar-refractivity contribution in [3.05, 3.63) is 52.4 Å². The monoisotopic (exact) mass is 389 g/mol. The second kappa shape index (κ2) is 9.05. The van der Waals surface area contributed by atoms with Gasteiger partial charge < -0.3 is 10.1 Å². The summed E-state index contributed by atoms with van der Waals surface area (Å²) in [7, 11) is 1.35. The van der Waals surface area contributed by atoms with Gasteiger partial charge in [-0.05, 0) is 37.5 Å². The lowest BCUT2D eigenvalue weighted by molar-refractivity contribution is -0.113. The molecule has 6 heteroatoms. The van der Waals surface area contributed by atoms with Gasteiger partial charge in [0.2, 0.25) is 5.91 Å². The molecule has 0 aliphatic heterocycles. The average molecular weight is 390 g/mol. The zero-order valence-electron chi connectivity index (χ0n) is 15.5. The van der Waals surface area contributed by atoms with Gasteiger partial charge in [0.1, 0.15) is 10.6 Å². The Hall–Kier alpha value is -2.05. The Morgan fingerprint density at radius 3 is 2.62 bits per heavy atom. The number of rotatable bonds is 7. The normalized spacial score (nSPS) is 10.5. The van der Waals surface area contributed by atoms with Crippen LogP contribution >= 0.6 is 23.1 Å². The van der Waals surface area contributed by atoms with Gasteiger partial charge in [-0.25, -0.2) is 4.79 Å². The number of esters is 1. The first-order chi connectivity index (χ1) is 12.4. The third-order valence-electron chi connectivity index (χ3n) is 3.99. The van der Waals surface area contributed by atoms with Crippen LogP contribution in [0.5, 0.6) is 0 Å². The molecule has 1 aromatic heterocycles. The van der Waals surface area contributed by atoms with Crippen molar-refractivity contribution in [3.63, 3.8) is 0 Å². The van der Waals surface area contributed by atoms with Crippen LogP contribution in [0.4, 0.5) is 5.00 Å². The summed E-state index contributed by atoms with van der Waals surface area (Å²) >= 11 is 2.86. The van der Waals surface area contributed by atoms with Crippen molar-refractivity contribution in [2.24, 2.45) is 0 Å². The number of thioether (sulfide) groups is 1. The molecule has 1 heterocycles. The Kier molecular flexibility index (Phi) is 7.06. The lowest BCUT2D eigenvalue weighted by Crippen LogP contribution is -2.16. The molecule has 4 nitrogen and oxygen atoms in total. The highest BCUT2D eigenvalue weighted by atomic mass is 32.2. The van der Waals surface area contributed by atoms with Crippen LogP contribution < -0.4 is 5.32 Å². The van der Waals surface area contributed by atoms with E-state index in [4.69, 9.17) is 4.74 Å². The van der Waals surface area contributed by atoms with Crippen molar-refractivity contribution in [2.45, 2.75) is 20.8 Å². The van der Waals surface area contributed by atoms with Crippen molar-refractivity contribution in [2.75, 3.05) is 23.9 Å². The molecule has 0 unspecified atom stereocenters. The number of thiophene rings is 1. The smallest absolute Gasteiger partial charge is 0.341 e.